The molecule has 0 saturated heterocycles. The van der Waals surface area contributed by atoms with Crippen molar-refractivity contribution in [1.82, 2.24) is 0 Å². The molecule has 1 aromatic rings. The van der Waals surface area contributed by atoms with E-state index in [2.05, 4.69) is 12.6 Å². The highest BCUT2D eigenvalue weighted by molar-refractivity contribution is 7.97. The molecule has 5 heteroatoms. The van der Waals surface area contributed by atoms with E-state index < -0.39 is 0 Å². The number of halogens is 2. The Morgan fingerprint density at radius 2 is 1.86 bits per heavy atom. The van der Waals surface area contributed by atoms with Crippen LogP contribution in [0.2, 0.25) is 10.0 Å². The maximum absolute atomic E-state index is 10.5. The maximum atomic E-state index is 10.5. The number of thiol groups is 1. The van der Waals surface area contributed by atoms with Crippen LogP contribution in [0.5, 0.6) is 5.75 Å². The molecule has 0 bridgehead atoms. The number of hydrogen-bond donors (Lipinski definition) is 2. The van der Waals surface area contributed by atoms with Gasteiger partial charge < -0.3 is 5.11 Å². The van der Waals surface area contributed by atoms with Gasteiger partial charge in [0.15, 0.2) is 5.75 Å². The van der Waals surface area contributed by atoms with Crippen LogP contribution in [0.1, 0.15) is 5.56 Å². The van der Waals surface area contributed by atoms with Crippen LogP contribution < -0.4 is 0 Å². The Labute approximate surface area is 96.6 Å². The number of hydrogen-bond acceptors (Lipinski definition) is 2. The smallest absolute Gasteiger partial charge is 0.209 e. The lowest BCUT2D eigenvalue weighted by Gasteiger charge is -2.00. The van der Waals surface area contributed by atoms with Gasteiger partial charge in [0, 0.05) is 0 Å². The summed E-state index contributed by atoms with van der Waals surface area (Å²) in [6.45, 7) is 0. The van der Waals surface area contributed by atoms with E-state index in [9.17, 15) is 9.90 Å². The normalized spacial score (nSPS) is 10.8. The van der Waals surface area contributed by atoms with Gasteiger partial charge in [0.05, 0.1) is 10.0 Å². The molecule has 0 aliphatic rings. The first kappa shape index (κ1) is 11.4. The SMILES string of the molecule is O=C(S)/C=C/c1cc(Cl)c(O)c(Cl)c1. The molecule has 0 atom stereocenters. The van der Waals surface area contributed by atoms with E-state index in [0.717, 1.165) is 0 Å². The van der Waals surface area contributed by atoms with Crippen molar-refractivity contribution in [3.05, 3.63) is 33.8 Å². The summed E-state index contributed by atoms with van der Waals surface area (Å²) in [4.78, 5) is 10.5. The molecule has 0 aromatic heterocycles. The summed E-state index contributed by atoms with van der Waals surface area (Å²) in [6, 6.07) is 2.99. The number of phenols is 1. The second kappa shape index (κ2) is 4.73. The van der Waals surface area contributed by atoms with Crippen LogP contribution in [0, 0.1) is 0 Å². The van der Waals surface area contributed by atoms with Gasteiger partial charge in [-0.25, -0.2) is 0 Å². The van der Waals surface area contributed by atoms with Crippen LogP contribution >= 0.6 is 35.8 Å². The van der Waals surface area contributed by atoms with E-state index in [1.807, 2.05) is 0 Å². The second-order valence-electron chi connectivity index (χ2n) is 2.50. The number of rotatable bonds is 2. The zero-order valence-corrected chi connectivity index (χ0v) is 9.27. The van der Waals surface area contributed by atoms with Crippen LogP contribution in [-0.2, 0) is 4.79 Å². The number of phenolic OH excluding ortho intramolecular Hbond substituents is 1. The molecule has 0 aliphatic heterocycles. The third-order valence-electron chi connectivity index (χ3n) is 1.46. The highest BCUT2D eigenvalue weighted by atomic mass is 35.5. The molecular formula is C9H6Cl2O2S. The fraction of sp³-hybridized carbons (Fsp3) is 0. The Hall–Kier alpha value is -0.640. The zero-order valence-electron chi connectivity index (χ0n) is 6.87. The third kappa shape index (κ3) is 2.94. The lowest BCUT2D eigenvalue weighted by atomic mass is 10.2. The van der Waals surface area contributed by atoms with E-state index >= 15 is 0 Å². The first-order chi connectivity index (χ1) is 6.50. The van der Waals surface area contributed by atoms with Gasteiger partial charge in [-0.05, 0) is 23.8 Å². The van der Waals surface area contributed by atoms with E-state index in [0.29, 0.717) is 5.56 Å². The fourth-order valence-electron chi connectivity index (χ4n) is 0.849. The summed E-state index contributed by atoms with van der Waals surface area (Å²) in [7, 11) is 0. The molecule has 1 aromatic carbocycles. The van der Waals surface area contributed by atoms with Crippen molar-refractivity contribution in [2.24, 2.45) is 0 Å². The molecule has 1 rings (SSSR count). The van der Waals surface area contributed by atoms with E-state index in [-0.39, 0.29) is 20.9 Å². The molecule has 0 radical (unpaired) electrons. The Morgan fingerprint density at radius 1 is 1.36 bits per heavy atom. The van der Waals surface area contributed by atoms with Crippen molar-refractivity contribution in [3.8, 4) is 5.75 Å². The Kier molecular flexibility index (Phi) is 3.86. The molecule has 14 heavy (non-hydrogen) atoms. The van der Waals surface area contributed by atoms with Crippen molar-refractivity contribution >= 4 is 47.0 Å². The Balaban J connectivity index is 3.07. The molecule has 0 saturated carbocycles. The van der Waals surface area contributed by atoms with Gasteiger partial charge in [-0.3, -0.25) is 4.79 Å². The highest BCUT2D eigenvalue weighted by Crippen LogP contribution is 2.32. The third-order valence-corrected chi connectivity index (χ3v) is 2.18. The molecule has 1 N–H and O–H groups in total. The molecule has 0 fully saturated rings. The monoisotopic (exact) mass is 248 g/mol. The topological polar surface area (TPSA) is 37.3 Å². The summed E-state index contributed by atoms with van der Waals surface area (Å²) >= 11 is 14.9. The predicted octanol–water partition coefficient (Wildman–Crippen LogP) is 3.17. The van der Waals surface area contributed by atoms with Crippen LogP contribution in [0.3, 0.4) is 0 Å². The van der Waals surface area contributed by atoms with Crippen LogP contribution in [0.25, 0.3) is 6.08 Å². The van der Waals surface area contributed by atoms with Gasteiger partial charge in [0.25, 0.3) is 0 Å². The largest absolute Gasteiger partial charge is 0.505 e. The van der Waals surface area contributed by atoms with Crippen molar-refractivity contribution in [1.29, 1.82) is 0 Å². The molecule has 0 spiro atoms. The van der Waals surface area contributed by atoms with Crippen LogP contribution in [0.15, 0.2) is 18.2 Å². The first-order valence-electron chi connectivity index (χ1n) is 3.59. The molecule has 74 valence electrons. The minimum Gasteiger partial charge on any atom is -0.505 e. The van der Waals surface area contributed by atoms with Crippen molar-refractivity contribution in [2.75, 3.05) is 0 Å². The molecule has 0 amide bonds. The van der Waals surface area contributed by atoms with Crippen LogP contribution in [0.4, 0.5) is 0 Å². The van der Waals surface area contributed by atoms with Gasteiger partial charge >= 0.3 is 0 Å². The maximum Gasteiger partial charge on any atom is 0.209 e. The summed E-state index contributed by atoms with van der Waals surface area (Å²) in [6.07, 6.45) is 2.77. The average Bonchev–Trinajstić information content (AvgIpc) is 2.10. The summed E-state index contributed by atoms with van der Waals surface area (Å²) in [5, 5.41) is 9.15. The lowest BCUT2D eigenvalue weighted by Crippen LogP contribution is -1.79. The van der Waals surface area contributed by atoms with Crippen molar-refractivity contribution < 1.29 is 9.90 Å². The summed E-state index contributed by atoms with van der Waals surface area (Å²) in [5.74, 6) is -0.164. The number of carbonyl (C=O) groups excluding carboxylic acids is 1. The Morgan fingerprint density at radius 3 is 2.29 bits per heavy atom. The lowest BCUT2D eigenvalue weighted by molar-refractivity contribution is -0.106. The van der Waals surface area contributed by atoms with Gasteiger partial charge in [-0.2, -0.15) is 0 Å². The van der Waals surface area contributed by atoms with Crippen LogP contribution in [-0.4, -0.2) is 10.2 Å². The quantitative estimate of drug-likeness (QED) is 0.624. The fourth-order valence-corrected chi connectivity index (χ4v) is 1.43. The molecular weight excluding hydrogens is 243 g/mol. The second-order valence-corrected chi connectivity index (χ2v) is 3.76. The zero-order chi connectivity index (χ0) is 10.7. The summed E-state index contributed by atoms with van der Waals surface area (Å²) < 4.78 is 0. The number of aromatic hydroxyl groups is 1. The minimum atomic E-state index is -0.370. The molecule has 0 aliphatic carbocycles. The minimum absolute atomic E-state index is 0.142. The number of carbonyl (C=O) groups is 1. The van der Waals surface area contributed by atoms with E-state index in [4.69, 9.17) is 23.2 Å². The first-order valence-corrected chi connectivity index (χ1v) is 4.80. The van der Waals surface area contributed by atoms with Gasteiger partial charge in [-0.1, -0.05) is 29.3 Å². The molecule has 0 unspecified atom stereocenters. The van der Waals surface area contributed by atoms with Gasteiger partial charge in [0.2, 0.25) is 5.12 Å². The van der Waals surface area contributed by atoms with Gasteiger partial charge in [0.1, 0.15) is 0 Å². The molecule has 0 heterocycles. The van der Waals surface area contributed by atoms with E-state index in [1.165, 1.54) is 24.3 Å². The van der Waals surface area contributed by atoms with Gasteiger partial charge in [-0.15, -0.1) is 12.6 Å². The predicted molar refractivity (Wildman–Crippen MR) is 61.2 cm³/mol. The van der Waals surface area contributed by atoms with E-state index in [1.54, 1.807) is 0 Å². The van der Waals surface area contributed by atoms with Crippen molar-refractivity contribution in [2.45, 2.75) is 0 Å². The number of benzene rings is 1. The average molecular weight is 249 g/mol. The Bertz CT molecular complexity index is 379. The standard InChI is InChI=1S/C9H6Cl2O2S/c10-6-3-5(1-2-8(12)14)4-7(11)9(6)13/h1-4,13H,(H,12,14)/b2-1+. The molecule has 2 nitrogen and oxygen atoms in total. The highest BCUT2D eigenvalue weighted by Gasteiger charge is 2.04. The van der Waals surface area contributed by atoms with Crippen molar-refractivity contribution in [3.63, 3.8) is 0 Å². The summed E-state index contributed by atoms with van der Waals surface area (Å²) in [5.41, 5.74) is 0.625.